The van der Waals surface area contributed by atoms with E-state index in [1.165, 1.54) is 14.0 Å². The molecule has 1 amide bonds. The Balaban J connectivity index is 1.61. The number of ketones is 1. The molecule has 0 aliphatic rings. The molecule has 0 radical (unpaired) electrons. The summed E-state index contributed by atoms with van der Waals surface area (Å²) >= 11 is 0. The van der Waals surface area contributed by atoms with E-state index in [4.69, 9.17) is 9.47 Å². The molecule has 0 fully saturated rings. The highest BCUT2D eigenvalue weighted by Gasteiger charge is 2.30. The van der Waals surface area contributed by atoms with Gasteiger partial charge in [-0.1, -0.05) is 60.7 Å². The van der Waals surface area contributed by atoms with Crippen LogP contribution < -0.4 is 14.8 Å². The topological polar surface area (TPSA) is 64.6 Å². The zero-order valence-electron chi connectivity index (χ0n) is 18.8. The minimum Gasteiger partial charge on any atom is -0.493 e. The fourth-order valence-corrected chi connectivity index (χ4v) is 3.62. The number of nitrogens with one attached hydrogen (secondary N) is 1. The van der Waals surface area contributed by atoms with Crippen molar-refractivity contribution in [1.29, 1.82) is 0 Å². The van der Waals surface area contributed by atoms with Crippen LogP contribution in [0.4, 0.5) is 0 Å². The fourth-order valence-electron chi connectivity index (χ4n) is 3.62. The highest BCUT2D eigenvalue weighted by molar-refractivity contribution is 5.94. The smallest absolute Gasteiger partial charge is 0.221 e. The largest absolute Gasteiger partial charge is 0.493 e. The molecular weight excluding hydrogens is 402 g/mol. The number of carbonyl (C=O) groups excluding carboxylic acids is 2. The lowest BCUT2D eigenvalue weighted by molar-refractivity contribution is -0.122. The maximum atomic E-state index is 12.8. The van der Waals surface area contributed by atoms with Gasteiger partial charge >= 0.3 is 0 Å². The number of hydrogen-bond acceptors (Lipinski definition) is 4. The number of benzene rings is 3. The van der Waals surface area contributed by atoms with Crippen LogP contribution in [0, 0.1) is 0 Å². The van der Waals surface area contributed by atoms with Crippen LogP contribution in [-0.2, 0) is 10.3 Å². The van der Waals surface area contributed by atoms with Crippen molar-refractivity contribution in [3.05, 3.63) is 95.6 Å². The summed E-state index contributed by atoms with van der Waals surface area (Å²) in [5.41, 5.74) is 1.97. The number of hydrogen-bond donors (Lipinski definition) is 1. The van der Waals surface area contributed by atoms with E-state index in [0.717, 1.165) is 11.1 Å². The van der Waals surface area contributed by atoms with Crippen molar-refractivity contribution >= 4 is 11.7 Å². The molecule has 0 aliphatic heterocycles. The van der Waals surface area contributed by atoms with Gasteiger partial charge in [-0.2, -0.15) is 0 Å². The van der Waals surface area contributed by atoms with Gasteiger partial charge in [0.05, 0.1) is 19.3 Å². The molecule has 1 N–H and O–H groups in total. The Hall–Kier alpha value is -3.60. The van der Waals surface area contributed by atoms with Gasteiger partial charge in [0, 0.05) is 12.0 Å². The van der Waals surface area contributed by atoms with E-state index >= 15 is 0 Å². The molecule has 166 valence electrons. The summed E-state index contributed by atoms with van der Waals surface area (Å²) in [5.74, 6) is 0.966. The molecule has 0 saturated carbocycles. The third-order valence-corrected chi connectivity index (χ3v) is 5.47. The predicted octanol–water partition coefficient (Wildman–Crippen LogP) is 5.14. The van der Waals surface area contributed by atoms with Crippen LogP contribution in [0.15, 0.2) is 78.9 Å². The first-order chi connectivity index (χ1) is 15.4. The molecule has 32 heavy (non-hydrogen) atoms. The number of methoxy groups -OCH3 is 1. The molecule has 0 atom stereocenters. The molecule has 0 aliphatic carbocycles. The summed E-state index contributed by atoms with van der Waals surface area (Å²) in [5, 5.41) is 3.21. The Labute approximate surface area is 189 Å². The van der Waals surface area contributed by atoms with Crippen molar-refractivity contribution in [1.82, 2.24) is 5.32 Å². The van der Waals surface area contributed by atoms with Crippen molar-refractivity contribution in [2.45, 2.75) is 32.2 Å². The maximum absolute atomic E-state index is 12.8. The lowest BCUT2D eigenvalue weighted by atomic mass is 9.84. The molecule has 0 unspecified atom stereocenters. The zero-order chi connectivity index (χ0) is 23.0. The van der Waals surface area contributed by atoms with E-state index in [9.17, 15) is 9.59 Å². The van der Waals surface area contributed by atoms with Crippen LogP contribution in [-0.4, -0.2) is 25.4 Å². The van der Waals surface area contributed by atoms with Crippen LogP contribution in [0.5, 0.6) is 11.5 Å². The van der Waals surface area contributed by atoms with Crippen LogP contribution >= 0.6 is 0 Å². The predicted molar refractivity (Wildman–Crippen MR) is 125 cm³/mol. The summed E-state index contributed by atoms with van der Waals surface area (Å²) in [6, 6.07) is 25.0. The van der Waals surface area contributed by atoms with Gasteiger partial charge in [-0.3, -0.25) is 9.59 Å². The van der Waals surface area contributed by atoms with E-state index in [1.54, 1.807) is 18.2 Å². The first kappa shape index (κ1) is 23.1. The third-order valence-electron chi connectivity index (χ3n) is 5.47. The van der Waals surface area contributed by atoms with Crippen molar-refractivity contribution in [2.75, 3.05) is 13.7 Å². The van der Waals surface area contributed by atoms with Crippen LogP contribution in [0.25, 0.3) is 0 Å². The van der Waals surface area contributed by atoms with Crippen molar-refractivity contribution in [3.8, 4) is 11.5 Å². The summed E-state index contributed by atoms with van der Waals surface area (Å²) < 4.78 is 11.1. The van der Waals surface area contributed by atoms with E-state index in [1.807, 2.05) is 67.6 Å². The van der Waals surface area contributed by atoms with Crippen LogP contribution in [0.1, 0.15) is 48.2 Å². The van der Waals surface area contributed by atoms with Gasteiger partial charge in [0.1, 0.15) is 0 Å². The Morgan fingerprint density at radius 3 is 2.00 bits per heavy atom. The minimum absolute atomic E-state index is 0.0357. The van der Waals surface area contributed by atoms with Gasteiger partial charge in [-0.05, 0) is 49.6 Å². The SMILES string of the molecule is COc1cc(C(C)=O)ccc1OCCCC(=O)NC(C)(c1ccccc1)c1ccccc1. The molecule has 0 bridgehead atoms. The summed E-state index contributed by atoms with van der Waals surface area (Å²) in [7, 11) is 1.54. The second-order valence-corrected chi connectivity index (χ2v) is 7.78. The van der Waals surface area contributed by atoms with Crippen molar-refractivity contribution in [2.24, 2.45) is 0 Å². The molecular formula is C27H29NO4. The molecule has 0 spiro atoms. The van der Waals surface area contributed by atoms with Gasteiger partial charge in [0.25, 0.3) is 0 Å². The number of amides is 1. The summed E-state index contributed by atoms with van der Waals surface area (Å²) in [6.07, 6.45) is 0.867. The first-order valence-electron chi connectivity index (χ1n) is 10.7. The van der Waals surface area contributed by atoms with Crippen LogP contribution in [0.2, 0.25) is 0 Å². The molecule has 0 aromatic heterocycles. The highest BCUT2D eigenvalue weighted by atomic mass is 16.5. The molecule has 3 aromatic rings. The average molecular weight is 432 g/mol. The lowest BCUT2D eigenvalue weighted by Gasteiger charge is -2.32. The summed E-state index contributed by atoms with van der Waals surface area (Å²) in [6.45, 7) is 3.89. The second-order valence-electron chi connectivity index (χ2n) is 7.78. The van der Waals surface area contributed by atoms with E-state index < -0.39 is 5.54 Å². The van der Waals surface area contributed by atoms with Gasteiger partial charge in [0.2, 0.25) is 5.91 Å². The molecule has 3 rings (SSSR count). The van der Waals surface area contributed by atoms with E-state index in [-0.39, 0.29) is 11.7 Å². The second kappa shape index (κ2) is 10.6. The van der Waals surface area contributed by atoms with Gasteiger partial charge in [-0.25, -0.2) is 0 Å². The van der Waals surface area contributed by atoms with Crippen LogP contribution in [0.3, 0.4) is 0 Å². The minimum atomic E-state index is -0.633. The highest BCUT2D eigenvalue weighted by Crippen LogP contribution is 2.30. The van der Waals surface area contributed by atoms with E-state index in [2.05, 4.69) is 5.32 Å². The fraction of sp³-hybridized carbons (Fsp3) is 0.259. The third kappa shape index (κ3) is 5.55. The summed E-state index contributed by atoms with van der Waals surface area (Å²) in [4.78, 5) is 24.4. The Kier molecular flexibility index (Phi) is 7.66. The van der Waals surface area contributed by atoms with Crippen molar-refractivity contribution < 1.29 is 19.1 Å². The normalized spacial score (nSPS) is 11.0. The maximum Gasteiger partial charge on any atom is 0.221 e. The van der Waals surface area contributed by atoms with Gasteiger partial charge in [-0.15, -0.1) is 0 Å². The van der Waals surface area contributed by atoms with Crippen molar-refractivity contribution in [3.63, 3.8) is 0 Å². The van der Waals surface area contributed by atoms with Gasteiger partial charge < -0.3 is 14.8 Å². The number of carbonyl (C=O) groups is 2. The molecule has 0 saturated heterocycles. The van der Waals surface area contributed by atoms with Gasteiger partial charge in [0.15, 0.2) is 17.3 Å². The molecule has 0 heterocycles. The number of ether oxygens (including phenoxy) is 2. The Morgan fingerprint density at radius 2 is 1.47 bits per heavy atom. The number of Topliss-reactive ketones (excluding diaryl/α,β-unsaturated/α-hetero) is 1. The number of rotatable bonds is 10. The van der Waals surface area contributed by atoms with E-state index in [0.29, 0.717) is 36.5 Å². The quantitative estimate of drug-likeness (QED) is 0.357. The molecule has 5 nitrogen and oxygen atoms in total. The standard InChI is InChI=1S/C27H29NO4/c1-20(29)21-16-17-24(25(19-21)31-3)32-18-10-15-26(30)28-27(2,22-11-6-4-7-12-22)23-13-8-5-9-14-23/h4-9,11-14,16-17,19H,10,15,18H2,1-3H3,(H,28,30). The first-order valence-corrected chi connectivity index (χ1v) is 10.7. The average Bonchev–Trinajstić information content (AvgIpc) is 2.82. The Bertz CT molecular complexity index is 1010. The lowest BCUT2D eigenvalue weighted by Crippen LogP contribution is -2.44. The zero-order valence-corrected chi connectivity index (χ0v) is 18.8. The monoisotopic (exact) mass is 431 g/mol. The molecule has 5 heteroatoms. The molecule has 3 aromatic carbocycles. The Morgan fingerprint density at radius 1 is 0.875 bits per heavy atom.